The highest BCUT2D eigenvalue weighted by Crippen LogP contribution is 2.17. The minimum atomic E-state index is -1.29. The molecule has 0 fully saturated rings. The summed E-state index contributed by atoms with van der Waals surface area (Å²) < 4.78 is 0. The molecule has 0 aliphatic heterocycles. The molecule has 2 aromatic heterocycles. The normalized spacial score (nSPS) is 11.3. The van der Waals surface area contributed by atoms with Crippen LogP contribution in [-0.2, 0) is 0 Å². The SMILES string of the molecule is C[Si](C)(C)c1ccc(Nc2ncccc2N)nc1. The van der Waals surface area contributed by atoms with Crippen molar-refractivity contribution in [3.8, 4) is 0 Å². The van der Waals surface area contributed by atoms with E-state index in [0.29, 0.717) is 11.5 Å². The minimum absolute atomic E-state index is 0.619. The van der Waals surface area contributed by atoms with Crippen LogP contribution < -0.4 is 16.2 Å². The number of nitrogens with two attached hydrogens (primary N) is 1. The van der Waals surface area contributed by atoms with Crippen molar-refractivity contribution in [2.24, 2.45) is 0 Å². The molecule has 3 N–H and O–H groups in total. The summed E-state index contributed by atoms with van der Waals surface area (Å²) in [5.74, 6) is 1.41. The largest absolute Gasteiger partial charge is 0.396 e. The van der Waals surface area contributed by atoms with E-state index in [9.17, 15) is 0 Å². The molecule has 2 aromatic rings. The zero-order chi connectivity index (χ0) is 13.2. The van der Waals surface area contributed by atoms with Crippen LogP contribution in [0.15, 0.2) is 36.7 Å². The van der Waals surface area contributed by atoms with Crippen LogP contribution in [0.1, 0.15) is 0 Å². The lowest BCUT2D eigenvalue weighted by atomic mass is 10.4. The summed E-state index contributed by atoms with van der Waals surface area (Å²) in [5.41, 5.74) is 6.44. The Morgan fingerprint density at radius 3 is 2.44 bits per heavy atom. The highest BCUT2D eigenvalue weighted by atomic mass is 28.3. The van der Waals surface area contributed by atoms with Crippen molar-refractivity contribution in [1.82, 2.24) is 9.97 Å². The molecule has 0 spiro atoms. The monoisotopic (exact) mass is 258 g/mol. The van der Waals surface area contributed by atoms with Crippen molar-refractivity contribution in [2.45, 2.75) is 19.6 Å². The van der Waals surface area contributed by atoms with E-state index in [1.165, 1.54) is 5.19 Å². The fourth-order valence-electron chi connectivity index (χ4n) is 1.55. The fourth-order valence-corrected chi connectivity index (χ4v) is 2.59. The third-order valence-electron chi connectivity index (χ3n) is 2.71. The summed E-state index contributed by atoms with van der Waals surface area (Å²) in [7, 11) is -1.29. The second kappa shape index (κ2) is 4.78. The van der Waals surface area contributed by atoms with Crippen molar-refractivity contribution in [2.75, 3.05) is 11.1 Å². The number of anilines is 3. The zero-order valence-corrected chi connectivity index (χ0v) is 11.9. The molecule has 4 nitrogen and oxygen atoms in total. The maximum absolute atomic E-state index is 5.82. The molecule has 0 saturated heterocycles. The van der Waals surface area contributed by atoms with E-state index in [0.717, 1.165) is 5.82 Å². The molecule has 0 unspecified atom stereocenters. The van der Waals surface area contributed by atoms with Crippen LogP contribution in [0.25, 0.3) is 0 Å². The van der Waals surface area contributed by atoms with Gasteiger partial charge in [-0.1, -0.05) is 25.7 Å². The number of nitrogens with zero attached hydrogens (tertiary/aromatic N) is 2. The molecule has 2 heterocycles. The van der Waals surface area contributed by atoms with E-state index < -0.39 is 8.07 Å². The molecule has 94 valence electrons. The molecule has 0 radical (unpaired) electrons. The Morgan fingerprint density at radius 1 is 1.11 bits per heavy atom. The van der Waals surface area contributed by atoms with Gasteiger partial charge >= 0.3 is 0 Å². The predicted octanol–water partition coefficient (Wildman–Crippen LogP) is 2.35. The average Bonchev–Trinajstić information content (AvgIpc) is 2.32. The van der Waals surface area contributed by atoms with Gasteiger partial charge in [-0.15, -0.1) is 0 Å². The average molecular weight is 258 g/mol. The van der Waals surface area contributed by atoms with Crippen LogP contribution in [0, 0.1) is 0 Å². The van der Waals surface area contributed by atoms with E-state index >= 15 is 0 Å². The number of pyridine rings is 2. The van der Waals surface area contributed by atoms with Crippen molar-refractivity contribution < 1.29 is 0 Å². The predicted molar refractivity (Wildman–Crippen MR) is 79.1 cm³/mol. The van der Waals surface area contributed by atoms with Gasteiger partial charge in [0.15, 0.2) is 5.82 Å². The summed E-state index contributed by atoms with van der Waals surface area (Å²) in [5, 5.41) is 4.45. The van der Waals surface area contributed by atoms with Crippen molar-refractivity contribution in [3.63, 3.8) is 0 Å². The van der Waals surface area contributed by atoms with Gasteiger partial charge in [-0.2, -0.15) is 0 Å². The standard InChI is InChI=1S/C13H18N4Si/c1-18(2,3)10-6-7-12(16-9-10)17-13-11(14)5-4-8-15-13/h4-9H,14H2,1-3H3,(H,15,16,17). The number of hydrogen-bond donors (Lipinski definition) is 2. The zero-order valence-electron chi connectivity index (χ0n) is 10.9. The molecule has 0 aromatic carbocycles. The number of aromatic nitrogens is 2. The molecular weight excluding hydrogens is 240 g/mol. The highest BCUT2D eigenvalue weighted by Gasteiger charge is 2.16. The Hall–Kier alpha value is -1.88. The van der Waals surface area contributed by atoms with E-state index in [1.54, 1.807) is 6.20 Å². The Labute approximate surface area is 108 Å². The molecule has 5 heteroatoms. The molecule has 2 rings (SSSR count). The lowest BCUT2D eigenvalue weighted by molar-refractivity contribution is 1.26. The van der Waals surface area contributed by atoms with E-state index in [-0.39, 0.29) is 0 Å². The lowest BCUT2D eigenvalue weighted by Gasteiger charge is -2.16. The number of hydrogen-bond acceptors (Lipinski definition) is 4. The Balaban J connectivity index is 2.19. The third-order valence-corrected chi connectivity index (χ3v) is 4.74. The summed E-state index contributed by atoms with van der Waals surface area (Å²) in [4.78, 5) is 8.59. The number of nitrogen functional groups attached to an aromatic ring is 1. The van der Waals surface area contributed by atoms with Gasteiger partial charge in [0.2, 0.25) is 0 Å². The summed E-state index contributed by atoms with van der Waals surface area (Å²) in [6.07, 6.45) is 3.64. The van der Waals surface area contributed by atoms with E-state index in [2.05, 4.69) is 41.0 Å². The molecule has 0 aliphatic carbocycles. The first-order chi connectivity index (χ1) is 8.47. The minimum Gasteiger partial charge on any atom is -0.396 e. The van der Waals surface area contributed by atoms with Gasteiger partial charge in [-0.05, 0) is 23.4 Å². The first kappa shape index (κ1) is 12.6. The Morgan fingerprint density at radius 2 is 1.89 bits per heavy atom. The Kier molecular flexibility index (Phi) is 3.33. The van der Waals surface area contributed by atoms with E-state index in [1.807, 2.05) is 24.4 Å². The van der Waals surface area contributed by atoms with Crippen LogP contribution in [0.4, 0.5) is 17.3 Å². The van der Waals surface area contributed by atoms with Gasteiger partial charge in [0.1, 0.15) is 5.82 Å². The van der Waals surface area contributed by atoms with Gasteiger partial charge in [-0.3, -0.25) is 0 Å². The third kappa shape index (κ3) is 2.86. The van der Waals surface area contributed by atoms with Crippen LogP contribution >= 0.6 is 0 Å². The molecule has 0 atom stereocenters. The fraction of sp³-hybridized carbons (Fsp3) is 0.231. The van der Waals surface area contributed by atoms with Crippen molar-refractivity contribution in [3.05, 3.63) is 36.7 Å². The molecular formula is C13H18N4Si. The van der Waals surface area contributed by atoms with E-state index in [4.69, 9.17) is 5.73 Å². The van der Waals surface area contributed by atoms with Gasteiger partial charge in [0, 0.05) is 12.4 Å². The summed E-state index contributed by atoms with van der Waals surface area (Å²) >= 11 is 0. The smallest absolute Gasteiger partial charge is 0.154 e. The molecule has 0 amide bonds. The van der Waals surface area contributed by atoms with Gasteiger partial charge in [0.05, 0.1) is 13.8 Å². The van der Waals surface area contributed by atoms with Crippen molar-refractivity contribution in [1.29, 1.82) is 0 Å². The second-order valence-electron chi connectivity index (χ2n) is 5.25. The molecule has 0 saturated carbocycles. The number of nitrogens with one attached hydrogen (secondary N) is 1. The van der Waals surface area contributed by atoms with Crippen LogP contribution in [0.2, 0.25) is 19.6 Å². The maximum atomic E-state index is 5.82. The quantitative estimate of drug-likeness (QED) is 0.830. The summed E-state index contributed by atoms with van der Waals surface area (Å²) in [6, 6.07) is 7.72. The molecule has 0 bridgehead atoms. The van der Waals surface area contributed by atoms with Gasteiger partial charge < -0.3 is 11.1 Å². The molecule has 18 heavy (non-hydrogen) atoms. The maximum Gasteiger partial charge on any atom is 0.154 e. The first-order valence-electron chi connectivity index (χ1n) is 5.91. The van der Waals surface area contributed by atoms with Gasteiger partial charge in [-0.25, -0.2) is 9.97 Å². The van der Waals surface area contributed by atoms with Crippen LogP contribution in [0.3, 0.4) is 0 Å². The topological polar surface area (TPSA) is 63.8 Å². The second-order valence-corrected chi connectivity index (χ2v) is 10.3. The lowest BCUT2D eigenvalue weighted by Crippen LogP contribution is -2.37. The summed E-state index contributed by atoms with van der Waals surface area (Å²) in [6.45, 7) is 6.90. The van der Waals surface area contributed by atoms with Crippen LogP contribution in [-0.4, -0.2) is 18.0 Å². The van der Waals surface area contributed by atoms with Crippen LogP contribution in [0.5, 0.6) is 0 Å². The van der Waals surface area contributed by atoms with Crippen molar-refractivity contribution >= 4 is 30.6 Å². The Bertz CT molecular complexity index is 531. The highest BCUT2D eigenvalue weighted by molar-refractivity contribution is 6.88. The van der Waals surface area contributed by atoms with Gasteiger partial charge in [0.25, 0.3) is 0 Å². The number of rotatable bonds is 3. The first-order valence-corrected chi connectivity index (χ1v) is 9.41. The molecule has 0 aliphatic rings.